The van der Waals surface area contributed by atoms with Gasteiger partial charge in [0.25, 0.3) is 5.91 Å². The summed E-state index contributed by atoms with van der Waals surface area (Å²) in [6.07, 6.45) is 0. The molecule has 2 aromatic rings. The molecule has 0 atom stereocenters. The van der Waals surface area contributed by atoms with Crippen LogP contribution in [-0.2, 0) is 9.59 Å². The monoisotopic (exact) mass is 343 g/mol. The highest BCUT2D eigenvalue weighted by molar-refractivity contribution is 8.01. The summed E-state index contributed by atoms with van der Waals surface area (Å²) in [7, 11) is 0. The van der Waals surface area contributed by atoms with Crippen molar-refractivity contribution in [3.05, 3.63) is 47.5 Å². The van der Waals surface area contributed by atoms with Gasteiger partial charge in [0, 0.05) is 5.56 Å². The van der Waals surface area contributed by atoms with E-state index in [2.05, 4.69) is 15.5 Å². The number of anilines is 1. The van der Waals surface area contributed by atoms with Gasteiger partial charge in [-0.3, -0.25) is 14.4 Å². The van der Waals surface area contributed by atoms with E-state index in [1.165, 1.54) is 13.8 Å². The number of Topliss-reactive ketones (excluding diaryl/α,β-unsaturated/α-hetero) is 2. The zero-order valence-corrected chi connectivity index (χ0v) is 14.4. The van der Waals surface area contributed by atoms with Crippen LogP contribution in [0.15, 0.2) is 41.4 Å². The number of carbonyl (C=O) groups is 3. The molecule has 0 saturated heterocycles. The van der Waals surface area contributed by atoms with Crippen molar-refractivity contribution >= 4 is 35.1 Å². The first-order chi connectivity index (χ1) is 11.4. The first-order valence-electron chi connectivity index (χ1n) is 7.26. The molecule has 24 heavy (non-hydrogen) atoms. The van der Waals surface area contributed by atoms with Gasteiger partial charge in [0.2, 0.25) is 0 Å². The van der Waals surface area contributed by atoms with Crippen molar-refractivity contribution in [2.24, 2.45) is 0 Å². The fourth-order valence-corrected chi connectivity index (χ4v) is 2.72. The summed E-state index contributed by atoms with van der Waals surface area (Å²) in [5.74, 6) is -0.445. The highest BCUT2D eigenvalue weighted by Crippen LogP contribution is 2.23. The topological polar surface area (TPSA) is 89.0 Å². The molecule has 1 heterocycles. The second-order valence-corrected chi connectivity index (χ2v) is 6.42. The summed E-state index contributed by atoms with van der Waals surface area (Å²) in [5.41, 5.74) is 1.59. The molecular formula is C17H17N3O3S. The maximum absolute atomic E-state index is 12.1. The lowest BCUT2D eigenvalue weighted by atomic mass is 10.1. The van der Waals surface area contributed by atoms with Crippen LogP contribution in [-0.4, -0.2) is 32.9 Å². The van der Waals surface area contributed by atoms with E-state index in [1.807, 2.05) is 19.1 Å². The Kier molecular flexibility index (Phi) is 5.81. The average Bonchev–Trinajstić information content (AvgIpc) is 2.54. The summed E-state index contributed by atoms with van der Waals surface area (Å²) in [6, 6.07) is 10.4. The number of nitrogens with zero attached hydrogens (tertiary/aromatic N) is 2. The van der Waals surface area contributed by atoms with E-state index in [4.69, 9.17) is 0 Å². The molecule has 0 spiro atoms. The standard InChI is InChI=1S/C17H17N3O3S/c1-10-4-6-13(7-5-10)17(23)18-14-8-9-15(20-19-14)24-16(11(2)21)12(3)22/h4-9,16H,1-3H3,(H,18,19,23). The number of rotatable bonds is 6. The van der Waals surface area contributed by atoms with Gasteiger partial charge in [0.1, 0.15) is 10.3 Å². The SMILES string of the molecule is CC(=O)C(Sc1ccc(NC(=O)c2ccc(C)cc2)nn1)C(C)=O. The zero-order valence-electron chi connectivity index (χ0n) is 13.6. The maximum Gasteiger partial charge on any atom is 0.256 e. The number of amides is 1. The largest absolute Gasteiger partial charge is 0.305 e. The minimum atomic E-state index is -0.785. The van der Waals surface area contributed by atoms with Crippen LogP contribution in [0.1, 0.15) is 29.8 Å². The lowest BCUT2D eigenvalue weighted by Crippen LogP contribution is -2.22. The van der Waals surface area contributed by atoms with E-state index < -0.39 is 5.25 Å². The van der Waals surface area contributed by atoms with Crippen LogP contribution in [0.2, 0.25) is 0 Å². The molecule has 6 nitrogen and oxygen atoms in total. The van der Waals surface area contributed by atoms with Gasteiger partial charge in [-0.2, -0.15) is 0 Å². The van der Waals surface area contributed by atoms with Gasteiger partial charge in [0.05, 0.1) is 0 Å². The Labute approximate surface area is 144 Å². The van der Waals surface area contributed by atoms with E-state index in [9.17, 15) is 14.4 Å². The number of aromatic nitrogens is 2. The van der Waals surface area contributed by atoms with E-state index in [0.717, 1.165) is 17.3 Å². The van der Waals surface area contributed by atoms with Crippen molar-refractivity contribution in [2.45, 2.75) is 31.0 Å². The van der Waals surface area contributed by atoms with Gasteiger partial charge in [-0.1, -0.05) is 29.5 Å². The molecule has 0 saturated carbocycles. The van der Waals surface area contributed by atoms with Gasteiger partial charge >= 0.3 is 0 Å². The molecule has 0 radical (unpaired) electrons. The molecule has 0 unspecified atom stereocenters. The van der Waals surface area contributed by atoms with Crippen LogP contribution in [0.3, 0.4) is 0 Å². The Bertz CT molecular complexity index is 744. The average molecular weight is 343 g/mol. The first-order valence-corrected chi connectivity index (χ1v) is 8.14. The third-order valence-corrected chi connectivity index (χ3v) is 4.53. The lowest BCUT2D eigenvalue weighted by Gasteiger charge is -2.09. The smallest absolute Gasteiger partial charge is 0.256 e. The molecule has 1 aromatic carbocycles. The normalized spacial score (nSPS) is 10.5. The van der Waals surface area contributed by atoms with Crippen LogP contribution in [0.5, 0.6) is 0 Å². The van der Waals surface area contributed by atoms with Crippen molar-refractivity contribution in [3.8, 4) is 0 Å². The number of hydrogen-bond acceptors (Lipinski definition) is 6. The number of nitrogens with one attached hydrogen (secondary N) is 1. The summed E-state index contributed by atoms with van der Waals surface area (Å²) >= 11 is 1.05. The molecule has 1 aromatic heterocycles. The Morgan fingerprint density at radius 2 is 1.58 bits per heavy atom. The van der Waals surface area contributed by atoms with Gasteiger partial charge in [-0.05, 0) is 45.0 Å². The van der Waals surface area contributed by atoms with Gasteiger partial charge < -0.3 is 5.32 Å². The van der Waals surface area contributed by atoms with Crippen molar-refractivity contribution in [1.29, 1.82) is 0 Å². The Balaban J connectivity index is 2.04. The highest BCUT2D eigenvalue weighted by Gasteiger charge is 2.21. The second-order valence-electron chi connectivity index (χ2n) is 5.30. The molecule has 0 fully saturated rings. The summed E-state index contributed by atoms with van der Waals surface area (Å²) in [5, 5.41) is 10.2. The predicted octanol–water partition coefficient (Wildman–Crippen LogP) is 2.68. The minimum Gasteiger partial charge on any atom is -0.305 e. The van der Waals surface area contributed by atoms with E-state index in [0.29, 0.717) is 16.4 Å². The second kappa shape index (κ2) is 7.83. The van der Waals surface area contributed by atoms with Crippen LogP contribution in [0.4, 0.5) is 5.82 Å². The Morgan fingerprint density at radius 3 is 2.08 bits per heavy atom. The maximum atomic E-state index is 12.1. The summed E-state index contributed by atoms with van der Waals surface area (Å²) in [4.78, 5) is 35.0. The van der Waals surface area contributed by atoms with Crippen LogP contribution in [0.25, 0.3) is 0 Å². The molecule has 1 amide bonds. The van der Waals surface area contributed by atoms with E-state index >= 15 is 0 Å². The van der Waals surface area contributed by atoms with Crippen LogP contribution >= 0.6 is 11.8 Å². The molecule has 1 N–H and O–H groups in total. The first kappa shape index (κ1) is 17.8. The van der Waals surface area contributed by atoms with Crippen molar-refractivity contribution in [1.82, 2.24) is 10.2 Å². The van der Waals surface area contributed by atoms with Crippen molar-refractivity contribution in [2.75, 3.05) is 5.32 Å². The van der Waals surface area contributed by atoms with Gasteiger partial charge in [0.15, 0.2) is 17.4 Å². The lowest BCUT2D eigenvalue weighted by molar-refractivity contribution is -0.123. The number of hydrogen-bond donors (Lipinski definition) is 1. The fourth-order valence-electron chi connectivity index (χ4n) is 1.92. The number of benzene rings is 1. The van der Waals surface area contributed by atoms with Gasteiger partial charge in [-0.25, -0.2) is 0 Å². The minimum absolute atomic E-state index is 0.231. The Hall–Kier alpha value is -2.54. The van der Waals surface area contributed by atoms with Crippen LogP contribution in [0, 0.1) is 6.92 Å². The molecule has 0 aliphatic heterocycles. The van der Waals surface area contributed by atoms with Crippen molar-refractivity contribution in [3.63, 3.8) is 0 Å². The fraction of sp³-hybridized carbons (Fsp3) is 0.235. The van der Waals surface area contributed by atoms with E-state index in [-0.39, 0.29) is 17.5 Å². The predicted molar refractivity (Wildman–Crippen MR) is 92.2 cm³/mol. The number of thioether (sulfide) groups is 1. The molecule has 0 bridgehead atoms. The zero-order chi connectivity index (χ0) is 17.7. The Morgan fingerprint density at radius 1 is 0.958 bits per heavy atom. The highest BCUT2D eigenvalue weighted by atomic mass is 32.2. The molecule has 124 valence electrons. The molecule has 7 heteroatoms. The number of aryl methyl sites for hydroxylation is 1. The van der Waals surface area contributed by atoms with Gasteiger partial charge in [-0.15, -0.1) is 10.2 Å². The third kappa shape index (κ3) is 4.73. The van der Waals surface area contributed by atoms with E-state index in [1.54, 1.807) is 24.3 Å². The molecular weight excluding hydrogens is 326 g/mol. The molecule has 2 rings (SSSR count). The summed E-state index contributed by atoms with van der Waals surface area (Å²) in [6.45, 7) is 4.67. The third-order valence-electron chi connectivity index (χ3n) is 3.17. The summed E-state index contributed by atoms with van der Waals surface area (Å²) < 4.78 is 0. The molecule has 0 aliphatic rings. The molecule has 0 aliphatic carbocycles. The quantitative estimate of drug-likeness (QED) is 0.641. The number of carbonyl (C=O) groups excluding carboxylic acids is 3. The van der Waals surface area contributed by atoms with Crippen LogP contribution < -0.4 is 5.32 Å². The van der Waals surface area contributed by atoms with Crippen molar-refractivity contribution < 1.29 is 14.4 Å². The number of ketones is 2.